The summed E-state index contributed by atoms with van der Waals surface area (Å²) in [7, 11) is 0. The fourth-order valence-electron chi connectivity index (χ4n) is 2.08. The van der Waals surface area contributed by atoms with Gasteiger partial charge in [0.1, 0.15) is 6.61 Å². The van der Waals surface area contributed by atoms with Crippen molar-refractivity contribution in [1.82, 2.24) is 4.90 Å². The van der Waals surface area contributed by atoms with Crippen molar-refractivity contribution in [3.8, 4) is 0 Å². The van der Waals surface area contributed by atoms with E-state index in [-0.39, 0.29) is 29.9 Å². The molecule has 0 radical (unpaired) electrons. The maximum Gasteiger partial charge on any atom is 0.415 e. The van der Waals surface area contributed by atoms with Gasteiger partial charge in [-0.2, -0.15) is 12.6 Å². The molecule has 1 heterocycles. The lowest BCUT2D eigenvalue weighted by Crippen LogP contribution is -2.33. The van der Waals surface area contributed by atoms with Crippen molar-refractivity contribution in [3.63, 3.8) is 0 Å². The second-order valence-corrected chi connectivity index (χ2v) is 5.92. The van der Waals surface area contributed by atoms with Gasteiger partial charge in [-0.05, 0) is 17.7 Å². The van der Waals surface area contributed by atoms with Crippen LogP contribution in [-0.2, 0) is 21.0 Å². The van der Waals surface area contributed by atoms with Crippen LogP contribution in [0.2, 0.25) is 0 Å². The molecule has 1 fully saturated rings. The van der Waals surface area contributed by atoms with Crippen LogP contribution in [0.1, 0.15) is 12.0 Å². The highest BCUT2D eigenvalue weighted by Gasteiger charge is 2.32. The Morgan fingerprint density at radius 3 is 2.68 bits per heavy atom. The van der Waals surface area contributed by atoms with Crippen LogP contribution in [0.4, 0.5) is 10.5 Å². The molecule has 0 saturated carbocycles. The first-order valence-electron chi connectivity index (χ1n) is 7.19. The van der Waals surface area contributed by atoms with E-state index in [0.29, 0.717) is 12.0 Å². The molecule has 1 atom stereocenters. The Balaban J connectivity index is 1.93. The smallest absolute Gasteiger partial charge is 0.415 e. The number of nitro benzene ring substituents is 1. The molecule has 0 spiro atoms. The first kappa shape index (κ1) is 18.5. The molecular formula is C14H16N4O6S. The van der Waals surface area contributed by atoms with Crippen molar-refractivity contribution in [1.29, 1.82) is 0 Å². The predicted octanol–water partition coefficient (Wildman–Crippen LogP) is 1.05. The van der Waals surface area contributed by atoms with Crippen molar-refractivity contribution >= 4 is 36.2 Å². The second kappa shape index (κ2) is 8.33. The van der Waals surface area contributed by atoms with Gasteiger partial charge < -0.3 is 15.3 Å². The van der Waals surface area contributed by atoms with Crippen LogP contribution in [0.5, 0.6) is 0 Å². The highest BCUT2D eigenvalue weighted by atomic mass is 32.1. The fraction of sp³-hybridized carbons (Fsp3) is 0.357. The van der Waals surface area contributed by atoms with Crippen LogP contribution < -0.4 is 5.73 Å². The summed E-state index contributed by atoms with van der Waals surface area (Å²) in [5.41, 5.74) is 5.50. The number of amidine groups is 1. The third-order valence-electron chi connectivity index (χ3n) is 3.23. The molecule has 1 aliphatic rings. The molecule has 11 heteroatoms. The highest BCUT2D eigenvalue weighted by Crippen LogP contribution is 2.19. The lowest BCUT2D eigenvalue weighted by Gasteiger charge is -2.16. The number of nitro groups is 1. The second-order valence-electron chi connectivity index (χ2n) is 5.19. The Labute approximate surface area is 148 Å². The number of thiol groups is 1. The number of non-ortho nitro benzene ring substituents is 1. The number of ether oxygens (including phenoxy) is 1. The van der Waals surface area contributed by atoms with Crippen molar-refractivity contribution < 1.29 is 24.1 Å². The molecule has 2 rings (SSSR count). The molecule has 0 unspecified atom stereocenters. The summed E-state index contributed by atoms with van der Waals surface area (Å²) in [5, 5.41) is 14.2. The number of carbonyl (C=O) groups is 2. The average Bonchev–Trinajstić information content (AvgIpc) is 2.93. The molecule has 0 bridgehead atoms. The molecule has 25 heavy (non-hydrogen) atoms. The van der Waals surface area contributed by atoms with Gasteiger partial charge in [0.2, 0.25) is 0 Å². The highest BCUT2D eigenvalue weighted by molar-refractivity contribution is 7.81. The predicted molar refractivity (Wildman–Crippen MR) is 90.0 cm³/mol. The van der Waals surface area contributed by atoms with E-state index in [2.05, 4.69) is 17.8 Å². The summed E-state index contributed by atoms with van der Waals surface area (Å²) in [6.07, 6.45) is -0.287. The molecule has 1 aromatic rings. The molecule has 10 nitrogen and oxygen atoms in total. The zero-order valence-electron chi connectivity index (χ0n) is 13.0. The Morgan fingerprint density at radius 1 is 1.40 bits per heavy atom. The maximum atomic E-state index is 12.2. The van der Waals surface area contributed by atoms with Gasteiger partial charge in [0.25, 0.3) is 11.6 Å². The Morgan fingerprint density at radius 2 is 2.08 bits per heavy atom. The van der Waals surface area contributed by atoms with E-state index in [1.165, 1.54) is 29.2 Å². The molecule has 1 aromatic carbocycles. The van der Waals surface area contributed by atoms with Crippen LogP contribution in [0.3, 0.4) is 0 Å². The lowest BCUT2D eigenvalue weighted by atomic mass is 10.2. The third kappa shape index (κ3) is 5.35. The molecule has 1 saturated heterocycles. The van der Waals surface area contributed by atoms with Crippen molar-refractivity contribution in [3.05, 3.63) is 39.9 Å². The quantitative estimate of drug-likeness (QED) is 0.437. The maximum absolute atomic E-state index is 12.2. The normalized spacial score (nSPS) is 18.2. The Kier molecular flexibility index (Phi) is 6.17. The van der Waals surface area contributed by atoms with Gasteiger partial charge in [-0.3, -0.25) is 19.8 Å². The van der Waals surface area contributed by atoms with Gasteiger partial charge in [-0.25, -0.2) is 4.79 Å². The number of hydrogen-bond acceptors (Lipinski definition) is 8. The topological polar surface area (TPSA) is 137 Å². The molecule has 0 aliphatic carbocycles. The third-order valence-corrected chi connectivity index (χ3v) is 3.58. The van der Waals surface area contributed by atoms with Gasteiger partial charge in [0.15, 0.2) is 12.4 Å². The summed E-state index contributed by atoms with van der Waals surface area (Å²) in [6, 6.07) is 5.66. The molecule has 2 amide bonds. The zero-order valence-corrected chi connectivity index (χ0v) is 13.9. The van der Waals surface area contributed by atoms with Gasteiger partial charge in [-0.15, -0.1) is 0 Å². The van der Waals surface area contributed by atoms with Gasteiger partial charge in [0, 0.05) is 30.3 Å². The number of likely N-dealkylation sites (tertiary alicyclic amines) is 1. The van der Waals surface area contributed by atoms with Crippen LogP contribution in [0.25, 0.3) is 0 Å². The lowest BCUT2D eigenvalue weighted by molar-refractivity contribution is -0.384. The van der Waals surface area contributed by atoms with Crippen LogP contribution in [0.15, 0.2) is 29.4 Å². The van der Waals surface area contributed by atoms with E-state index in [4.69, 9.17) is 15.3 Å². The minimum absolute atomic E-state index is 0.0476. The first-order chi connectivity index (χ1) is 11.9. The van der Waals surface area contributed by atoms with Crippen LogP contribution in [-0.4, -0.2) is 46.1 Å². The number of oxime groups is 1. The van der Waals surface area contributed by atoms with E-state index < -0.39 is 23.5 Å². The van der Waals surface area contributed by atoms with E-state index in [9.17, 15) is 19.7 Å². The van der Waals surface area contributed by atoms with Crippen molar-refractivity contribution in [2.45, 2.75) is 18.3 Å². The van der Waals surface area contributed by atoms with Crippen LogP contribution in [0, 0.1) is 10.1 Å². The van der Waals surface area contributed by atoms with E-state index >= 15 is 0 Å². The number of benzene rings is 1. The van der Waals surface area contributed by atoms with Gasteiger partial charge in [0.05, 0.1) is 4.92 Å². The van der Waals surface area contributed by atoms with E-state index in [1.54, 1.807) is 0 Å². The molecule has 2 N–H and O–H groups in total. The summed E-state index contributed by atoms with van der Waals surface area (Å²) in [4.78, 5) is 38.9. The van der Waals surface area contributed by atoms with Crippen LogP contribution >= 0.6 is 12.6 Å². The summed E-state index contributed by atoms with van der Waals surface area (Å²) in [5.74, 6) is -0.396. The van der Waals surface area contributed by atoms with E-state index in [1.807, 2.05) is 0 Å². The number of nitrogens with zero attached hydrogens (tertiary/aromatic N) is 3. The summed E-state index contributed by atoms with van der Waals surface area (Å²) < 4.78 is 5.17. The number of hydrogen-bond donors (Lipinski definition) is 2. The first-order valence-corrected chi connectivity index (χ1v) is 7.71. The van der Waals surface area contributed by atoms with Gasteiger partial charge in [-0.1, -0.05) is 5.16 Å². The molecule has 1 aliphatic heterocycles. The number of rotatable bonds is 6. The SMILES string of the molecule is NC(=O)CO/N=C1\C[C@H](S)CN1C(=O)OCc1ccc([N+](=O)[O-])cc1. The Bertz CT molecular complexity index is 693. The largest absolute Gasteiger partial charge is 0.444 e. The average molecular weight is 368 g/mol. The number of amides is 2. The summed E-state index contributed by atoms with van der Waals surface area (Å²) in [6.45, 7) is -0.173. The molecule has 134 valence electrons. The standard InChI is InChI=1S/C14H16N4O6S/c15-12(19)8-24-16-13-5-11(25)6-17(13)14(20)23-7-9-1-3-10(4-2-9)18(21)22/h1-4,11,25H,5-8H2,(H2,15,19)/b16-13+/t11-/m0/s1. The number of nitrogens with two attached hydrogens (primary N) is 1. The van der Waals surface area contributed by atoms with E-state index in [0.717, 1.165) is 0 Å². The minimum atomic E-state index is -0.683. The molecule has 0 aromatic heterocycles. The minimum Gasteiger partial charge on any atom is -0.444 e. The Hall–Kier alpha value is -2.82. The van der Waals surface area contributed by atoms with Gasteiger partial charge >= 0.3 is 6.09 Å². The fourth-order valence-corrected chi connectivity index (χ4v) is 2.40. The van der Waals surface area contributed by atoms with Crippen molar-refractivity contribution in [2.24, 2.45) is 10.9 Å². The van der Waals surface area contributed by atoms with Crippen molar-refractivity contribution in [2.75, 3.05) is 13.2 Å². The number of carbonyl (C=O) groups excluding carboxylic acids is 2. The number of primary amides is 1. The summed E-state index contributed by atoms with van der Waals surface area (Å²) >= 11 is 4.30. The molecular weight excluding hydrogens is 352 g/mol. The monoisotopic (exact) mass is 368 g/mol. The zero-order chi connectivity index (χ0) is 18.4.